The van der Waals surface area contributed by atoms with Crippen LogP contribution in [0, 0.1) is 11.2 Å². The maximum Gasteiger partial charge on any atom is 0.242 e. The van der Waals surface area contributed by atoms with Crippen LogP contribution in [-0.2, 0) is 10.0 Å². The van der Waals surface area contributed by atoms with E-state index in [-0.39, 0.29) is 21.9 Å². The van der Waals surface area contributed by atoms with Gasteiger partial charge in [-0.25, -0.2) is 17.5 Å². The van der Waals surface area contributed by atoms with Gasteiger partial charge in [0.15, 0.2) is 5.82 Å². The van der Waals surface area contributed by atoms with Crippen LogP contribution in [0.3, 0.4) is 0 Å². The van der Waals surface area contributed by atoms with E-state index >= 15 is 0 Å². The third kappa shape index (κ3) is 4.29. The molecule has 1 N–H and O–H groups in total. The summed E-state index contributed by atoms with van der Waals surface area (Å²) >= 11 is 14.5. The molecule has 0 unspecified atom stereocenters. The van der Waals surface area contributed by atoms with Crippen LogP contribution in [-0.4, -0.2) is 20.3 Å². The summed E-state index contributed by atoms with van der Waals surface area (Å²) < 4.78 is 40.0. The van der Waals surface area contributed by atoms with Crippen molar-refractivity contribution in [3.05, 3.63) is 28.0 Å². The second-order valence-corrected chi connectivity index (χ2v) is 7.88. The average Bonchev–Trinajstić information content (AvgIpc) is 2.34. The molecule has 1 aromatic carbocycles. The number of rotatable bonds is 5. The Morgan fingerprint density at radius 3 is 2.47 bits per heavy atom. The molecule has 0 heterocycles. The van der Waals surface area contributed by atoms with Crippen LogP contribution in [0.2, 0.25) is 10.0 Å². The first kappa shape index (κ1) is 17.2. The molecule has 0 bridgehead atoms. The van der Waals surface area contributed by atoms with Gasteiger partial charge in [0, 0.05) is 11.9 Å². The minimum atomic E-state index is -3.87. The molecule has 0 fully saturated rings. The maximum atomic E-state index is 13.5. The summed E-state index contributed by atoms with van der Waals surface area (Å²) in [5.74, 6) is -0.939. The molecule has 0 saturated carbocycles. The van der Waals surface area contributed by atoms with E-state index in [1.165, 1.54) is 6.07 Å². The number of alkyl halides is 1. The number of nitrogens with one attached hydrogen (secondary N) is 1. The predicted octanol–water partition coefficient (Wildman–Crippen LogP) is 3.83. The summed E-state index contributed by atoms with van der Waals surface area (Å²) in [4.78, 5) is -0.318. The van der Waals surface area contributed by atoms with Crippen LogP contribution >= 0.6 is 39.1 Å². The van der Waals surface area contributed by atoms with E-state index in [0.717, 1.165) is 6.07 Å². The molecule has 1 rings (SSSR count). The molecule has 0 saturated heterocycles. The lowest BCUT2D eigenvalue weighted by Gasteiger charge is -2.22. The van der Waals surface area contributed by atoms with Gasteiger partial charge in [-0.15, -0.1) is 0 Å². The van der Waals surface area contributed by atoms with Crippen LogP contribution < -0.4 is 4.72 Å². The molecule has 3 nitrogen and oxygen atoms in total. The minimum Gasteiger partial charge on any atom is -0.211 e. The molecule has 0 atom stereocenters. The maximum absolute atomic E-state index is 13.5. The van der Waals surface area contributed by atoms with Crippen LogP contribution in [0.15, 0.2) is 17.0 Å². The van der Waals surface area contributed by atoms with Crippen molar-refractivity contribution >= 4 is 49.2 Å². The zero-order valence-corrected chi connectivity index (χ0v) is 14.2. The van der Waals surface area contributed by atoms with Crippen molar-refractivity contribution in [1.29, 1.82) is 0 Å². The first-order valence-electron chi connectivity index (χ1n) is 5.30. The van der Waals surface area contributed by atoms with E-state index in [9.17, 15) is 12.8 Å². The van der Waals surface area contributed by atoms with Gasteiger partial charge in [0.2, 0.25) is 10.0 Å². The molecule has 0 aliphatic rings. The van der Waals surface area contributed by atoms with E-state index < -0.39 is 20.9 Å². The molecular formula is C11H13BrCl2FNO2S. The van der Waals surface area contributed by atoms with E-state index in [1.807, 2.05) is 13.8 Å². The van der Waals surface area contributed by atoms with Crippen LogP contribution in [0.4, 0.5) is 4.39 Å². The SMILES string of the molecule is CC(C)(CBr)CNS(=O)(=O)c1ccc(Cl)c(F)c1Cl. The number of benzene rings is 1. The molecular weight excluding hydrogens is 380 g/mol. The Balaban J connectivity index is 3.06. The van der Waals surface area contributed by atoms with Crippen molar-refractivity contribution in [2.75, 3.05) is 11.9 Å². The van der Waals surface area contributed by atoms with Crippen LogP contribution in [0.1, 0.15) is 13.8 Å². The minimum absolute atomic E-state index is 0.196. The Hall–Kier alpha value is 0.120. The summed E-state index contributed by atoms with van der Waals surface area (Å²) in [6.45, 7) is 3.96. The number of hydrogen-bond acceptors (Lipinski definition) is 2. The standard InChI is InChI=1S/C11H13BrCl2FNO2S/c1-11(2,5-12)6-16-19(17,18)8-4-3-7(13)10(15)9(8)14/h3-4,16H,5-6H2,1-2H3. The fourth-order valence-electron chi connectivity index (χ4n) is 1.13. The Kier molecular flexibility index (Phi) is 5.66. The predicted molar refractivity (Wildman–Crippen MR) is 79.2 cm³/mol. The van der Waals surface area contributed by atoms with Gasteiger partial charge in [0.25, 0.3) is 0 Å². The van der Waals surface area contributed by atoms with Gasteiger partial charge in [-0.3, -0.25) is 0 Å². The summed E-state index contributed by atoms with van der Waals surface area (Å²) in [5.41, 5.74) is -0.273. The van der Waals surface area contributed by atoms with E-state index in [4.69, 9.17) is 23.2 Å². The topological polar surface area (TPSA) is 46.2 Å². The van der Waals surface area contributed by atoms with E-state index in [1.54, 1.807) is 0 Å². The quantitative estimate of drug-likeness (QED) is 0.611. The zero-order chi connectivity index (χ0) is 14.8. The van der Waals surface area contributed by atoms with Gasteiger partial charge < -0.3 is 0 Å². The highest BCUT2D eigenvalue weighted by Crippen LogP contribution is 2.29. The Bertz CT molecular complexity index is 578. The van der Waals surface area contributed by atoms with Crippen molar-refractivity contribution in [2.45, 2.75) is 18.7 Å². The summed E-state index contributed by atoms with van der Waals surface area (Å²) in [5, 5.41) is -0.105. The normalized spacial score (nSPS) is 12.7. The highest BCUT2D eigenvalue weighted by Gasteiger charge is 2.25. The Labute approximate surface area is 130 Å². The third-order valence-corrected chi connectivity index (χ3v) is 6.13. The summed E-state index contributed by atoms with van der Waals surface area (Å²) in [7, 11) is -3.87. The second-order valence-electron chi connectivity index (χ2n) is 4.80. The first-order valence-corrected chi connectivity index (χ1v) is 8.66. The molecule has 0 spiro atoms. The highest BCUT2D eigenvalue weighted by atomic mass is 79.9. The monoisotopic (exact) mass is 391 g/mol. The van der Waals surface area contributed by atoms with E-state index in [2.05, 4.69) is 20.7 Å². The fraction of sp³-hybridized carbons (Fsp3) is 0.455. The lowest BCUT2D eigenvalue weighted by Crippen LogP contribution is -2.35. The lowest BCUT2D eigenvalue weighted by atomic mass is 9.98. The van der Waals surface area contributed by atoms with Crippen LogP contribution in [0.25, 0.3) is 0 Å². The van der Waals surface area contributed by atoms with Crippen LogP contribution in [0.5, 0.6) is 0 Å². The van der Waals surface area contributed by atoms with Crippen molar-refractivity contribution in [3.63, 3.8) is 0 Å². The Morgan fingerprint density at radius 2 is 1.95 bits per heavy atom. The van der Waals surface area contributed by atoms with Gasteiger partial charge >= 0.3 is 0 Å². The zero-order valence-electron chi connectivity index (χ0n) is 10.3. The molecule has 1 aromatic rings. The first-order chi connectivity index (χ1) is 8.60. The number of sulfonamides is 1. The fourth-order valence-corrected chi connectivity index (χ4v) is 3.31. The number of halogens is 4. The van der Waals surface area contributed by atoms with Gasteiger partial charge in [0.05, 0.1) is 10.0 Å². The smallest absolute Gasteiger partial charge is 0.211 e. The lowest BCUT2D eigenvalue weighted by molar-refractivity contribution is 0.420. The highest BCUT2D eigenvalue weighted by molar-refractivity contribution is 9.09. The molecule has 108 valence electrons. The summed E-state index contributed by atoms with van der Waals surface area (Å²) in [6.07, 6.45) is 0. The average molecular weight is 393 g/mol. The van der Waals surface area contributed by atoms with Gasteiger partial charge in [-0.05, 0) is 17.5 Å². The van der Waals surface area contributed by atoms with Gasteiger partial charge in [0.1, 0.15) is 4.90 Å². The van der Waals surface area contributed by atoms with Crippen molar-refractivity contribution in [2.24, 2.45) is 5.41 Å². The summed E-state index contributed by atoms with van der Waals surface area (Å²) in [6, 6.07) is 2.34. The van der Waals surface area contributed by atoms with Crippen molar-refractivity contribution in [3.8, 4) is 0 Å². The molecule has 0 aliphatic heterocycles. The third-order valence-electron chi connectivity index (χ3n) is 2.39. The second kappa shape index (κ2) is 6.26. The molecule has 0 aromatic heterocycles. The van der Waals surface area contributed by atoms with Gasteiger partial charge in [-0.1, -0.05) is 53.0 Å². The largest absolute Gasteiger partial charge is 0.242 e. The van der Waals surface area contributed by atoms with Crippen molar-refractivity contribution in [1.82, 2.24) is 4.72 Å². The van der Waals surface area contributed by atoms with Gasteiger partial charge in [-0.2, -0.15) is 0 Å². The molecule has 0 amide bonds. The molecule has 0 radical (unpaired) electrons. The van der Waals surface area contributed by atoms with E-state index in [0.29, 0.717) is 5.33 Å². The van der Waals surface area contributed by atoms with Crippen molar-refractivity contribution < 1.29 is 12.8 Å². The molecule has 19 heavy (non-hydrogen) atoms. The number of hydrogen-bond donors (Lipinski definition) is 1. The Morgan fingerprint density at radius 1 is 1.37 bits per heavy atom. The molecule has 0 aliphatic carbocycles. The molecule has 8 heteroatoms.